The normalized spacial score (nSPS) is 15.2. The summed E-state index contributed by atoms with van der Waals surface area (Å²) in [4.78, 5) is -0.442. The molecular formula is C11H13F6NO5S3. The molecule has 26 heavy (non-hydrogen) atoms. The molecule has 0 aromatic heterocycles. The molecule has 0 saturated heterocycles. The SMILES string of the molecule is COc1ccccc1S(C)(C)N(S(=O)(=O)C(F)(F)F)S(=O)(=O)C(F)(F)F. The maximum Gasteiger partial charge on any atom is 0.513 e. The van der Waals surface area contributed by atoms with Gasteiger partial charge in [0.2, 0.25) is 0 Å². The second-order valence-corrected chi connectivity index (χ2v) is 12.6. The largest absolute Gasteiger partial charge is 0.513 e. The number of rotatable bonds is 5. The van der Waals surface area contributed by atoms with Gasteiger partial charge in [0, 0.05) is 4.90 Å². The number of hydrogen-bond donors (Lipinski definition) is 0. The number of halogens is 6. The van der Waals surface area contributed by atoms with Crippen molar-refractivity contribution in [3.8, 4) is 5.75 Å². The van der Waals surface area contributed by atoms with Gasteiger partial charge >= 0.3 is 31.1 Å². The number of alkyl halides is 6. The lowest BCUT2D eigenvalue weighted by molar-refractivity contribution is -0.0505. The fourth-order valence-electron chi connectivity index (χ4n) is 1.90. The van der Waals surface area contributed by atoms with Gasteiger partial charge in [-0.3, -0.25) is 0 Å². The summed E-state index contributed by atoms with van der Waals surface area (Å²) in [5, 5.41) is 0. The predicted octanol–water partition coefficient (Wildman–Crippen LogP) is 3.03. The molecule has 0 spiro atoms. The first-order chi connectivity index (χ1) is 11.4. The van der Waals surface area contributed by atoms with Gasteiger partial charge in [0.25, 0.3) is 0 Å². The third-order valence-corrected chi connectivity index (χ3v) is 11.7. The maximum atomic E-state index is 13.0. The Morgan fingerprint density at radius 2 is 1.23 bits per heavy atom. The Labute approximate surface area is 147 Å². The summed E-state index contributed by atoms with van der Waals surface area (Å²) in [6.45, 7) is 0. The third-order valence-electron chi connectivity index (χ3n) is 2.96. The Balaban J connectivity index is 3.94. The first kappa shape index (κ1) is 22.9. The highest BCUT2D eigenvalue weighted by molar-refractivity contribution is 8.40. The highest BCUT2D eigenvalue weighted by Crippen LogP contribution is 2.61. The highest BCUT2D eigenvalue weighted by atomic mass is 32.4. The van der Waals surface area contributed by atoms with Crippen LogP contribution in [0.2, 0.25) is 0 Å². The zero-order valence-corrected chi connectivity index (χ0v) is 15.7. The minimum absolute atomic E-state index is 0.271. The average molecular weight is 449 g/mol. The summed E-state index contributed by atoms with van der Waals surface area (Å²) < 4.78 is 128. The Morgan fingerprint density at radius 1 is 0.846 bits per heavy atom. The summed E-state index contributed by atoms with van der Waals surface area (Å²) >= 11 is 0. The van der Waals surface area contributed by atoms with Crippen LogP contribution in [-0.4, -0.2) is 50.6 Å². The monoisotopic (exact) mass is 449 g/mol. The minimum Gasteiger partial charge on any atom is -0.496 e. The van der Waals surface area contributed by atoms with Crippen molar-refractivity contribution in [1.82, 2.24) is 3.12 Å². The van der Waals surface area contributed by atoms with Gasteiger partial charge in [-0.2, -0.15) is 26.3 Å². The number of ether oxygens (including phenoxy) is 1. The van der Waals surface area contributed by atoms with Crippen LogP contribution in [0.1, 0.15) is 0 Å². The first-order valence-electron chi connectivity index (χ1n) is 6.22. The van der Waals surface area contributed by atoms with Crippen LogP contribution in [0.5, 0.6) is 5.75 Å². The van der Waals surface area contributed by atoms with Crippen molar-refractivity contribution in [2.24, 2.45) is 0 Å². The number of para-hydroxylation sites is 1. The molecule has 0 unspecified atom stereocenters. The van der Waals surface area contributed by atoms with E-state index >= 15 is 0 Å². The van der Waals surface area contributed by atoms with E-state index in [4.69, 9.17) is 4.74 Å². The molecule has 0 atom stereocenters. The van der Waals surface area contributed by atoms with Gasteiger partial charge in [0.15, 0.2) is 0 Å². The molecule has 0 bridgehead atoms. The van der Waals surface area contributed by atoms with Crippen LogP contribution in [0.25, 0.3) is 0 Å². The van der Waals surface area contributed by atoms with Crippen LogP contribution in [0.4, 0.5) is 26.3 Å². The second-order valence-electron chi connectivity index (χ2n) is 4.99. The molecule has 0 saturated carbocycles. The Hall–Kier alpha value is -1.19. The molecule has 0 aliphatic carbocycles. The van der Waals surface area contributed by atoms with Gasteiger partial charge in [0.1, 0.15) is 5.75 Å². The van der Waals surface area contributed by atoms with Crippen LogP contribution >= 0.6 is 10.2 Å². The summed E-state index contributed by atoms with van der Waals surface area (Å²) in [6.07, 6.45) is 1.33. The number of methoxy groups -OCH3 is 1. The van der Waals surface area contributed by atoms with Crippen LogP contribution in [0.3, 0.4) is 0 Å². The lowest BCUT2D eigenvalue weighted by atomic mass is 10.3. The summed E-state index contributed by atoms with van der Waals surface area (Å²) in [5.74, 6) is -0.271. The fraction of sp³-hybridized carbons (Fsp3) is 0.455. The second kappa shape index (κ2) is 6.76. The van der Waals surface area contributed by atoms with Crippen molar-refractivity contribution < 1.29 is 47.9 Å². The first-order valence-corrected chi connectivity index (χ1v) is 11.5. The van der Waals surface area contributed by atoms with Gasteiger partial charge in [-0.15, -0.1) is 10.2 Å². The van der Waals surface area contributed by atoms with E-state index in [1.807, 2.05) is 0 Å². The maximum absolute atomic E-state index is 13.0. The highest BCUT2D eigenvalue weighted by Gasteiger charge is 2.65. The molecule has 1 aromatic rings. The zero-order valence-electron chi connectivity index (χ0n) is 13.3. The molecule has 152 valence electrons. The Bertz CT molecular complexity index is 832. The number of sulfonamides is 2. The minimum atomic E-state index is -6.90. The van der Waals surface area contributed by atoms with Crippen LogP contribution < -0.4 is 4.74 Å². The summed E-state index contributed by atoms with van der Waals surface area (Å²) in [6, 6.07) is 4.63. The number of hydrogen-bond acceptors (Lipinski definition) is 5. The van der Waals surface area contributed by atoms with Crippen LogP contribution in [0.15, 0.2) is 29.2 Å². The third kappa shape index (κ3) is 3.75. The Kier molecular flexibility index (Phi) is 5.94. The Morgan fingerprint density at radius 3 is 1.58 bits per heavy atom. The van der Waals surface area contributed by atoms with Gasteiger partial charge in [-0.05, 0) is 27.8 Å². The van der Waals surface area contributed by atoms with Crippen molar-refractivity contribution in [1.29, 1.82) is 0 Å². The smallest absolute Gasteiger partial charge is 0.496 e. The number of nitrogens with zero attached hydrogens (tertiary/aromatic N) is 1. The molecule has 0 fully saturated rings. The summed E-state index contributed by atoms with van der Waals surface area (Å²) in [7, 11) is -16.7. The molecule has 0 amide bonds. The van der Waals surface area contributed by atoms with E-state index in [9.17, 15) is 43.2 Å². The van der Waals surface area contributed by atoms with Crippen molar-refractivity contribution in [3.05, 3.63) is 24.3 Å². The predicted molar refractivity (Wildman–Crippen MR) is 82.5 cm³/mol. The lowest BCUT2D eigenvalue weighted by Crippen LogP contribution is -2.49. The molecule has 0 aliphatic rings. The standard InChI is InChI=1S/C11H13F6NO5S3/c1-23-8-6-4-5-7-9(8)24(2,3)18(25(19,20)10(12,13)14)26(21,22)11(15,16)17/h4-7H,1-3H3. The van der Waals surface area contributed by atoms with E-state index in [-0.39, 0.29) is 5.75 Å². The van der Waals surface area contributed by atoms with Crippen molar-refractivity contribution in [2.75, 3.05) is 19.6 Å². The fourth-order valence-corrected chi connectivity index (χ4v) is 9.91. The lowest BCUT2D eigenvalue weighted by Gasteiger charge is -2.41. The molecule has 0 aliphatic heterocycles. The molecule has 0 heterocycles. The molecule has 1 rings (SSSR count). The van der Waals surface area contributed by atoms with Crippen molar-refractivity contribution in [3.63, 3.8) is 0 Å². The molecule has 0 N–H and O–H groups in total. The molecule has 15 heteroatoms. The topological polar surface area (TPSA) is 80.8 Å². The van der Waals surface area contributed by atoms with E-state index in [0.717, 1.165) is 19.2 Å². The summed E-state index contributed by atoms with van der Waals surface area (Å²) in [5.41, 5.74) is -12.6. The van der Waals surface area contributed by atoms with Crippen molar-refractivity contribution >= 4 is 30.3 Å². The average Bonchev–Trinajstić information content (AvgIpc) is 2.43. The quantitative estimate of drug-likeness (QED) is 0.646. The van der Waals surface area contributed by atoms with Crippen LogP contribution in [-0.2, 0) is 20.0 Å². The van der Waals surface area contributed by atoms with Gasteiger partial charge < -0.3 is 4.74 Å². The van der Waals surface area contributed by atoms with Crippen LogP contribution in [0, 0.1) is 0 Å². The van der Waals surface area contributed by atoms with E-state index in [2.05, 4.69) is 0 Å². The molecule has 1 aromatic carbocycles. The van der Waals surface area contributed by atoms with Gasteiger partial charge in [0.05, 0.1) is 7.11 Å². The van der Waals surface area contributed by atoms with Crippen molar-refractivity contribution in [2.45, 2.75) is 15.9 Å². The van der Waals surface area contributed by atoms with E-state index in [0.29, 0.717) is 12.5 Å². The molecular weight excluding hydrogens is 436 g/mol. The zero-order chi connectivity index (χ0) is 20.8. The van der Waals surface area contributed by atoms with E-state index in [1.165, 1.54) is 12.1 Å². The number of benzene rings is 1. The molecule has 6 nitrogen and oxygen atoms in total. The van der Waals surface area contributed by atoms with Gasteiger partial charge in [-0.1, -0.05) is 12.1 Å². The van der Waals surface area contributed by atoms with E-state index < -0.39 is 49.3 Å². The molecule has 0 radical (unpaired) electrons. The van der Waals surface area contributed by atoms with Gasteiger partial charge in [-0.25, -0.2) is 16.8 Å². The van der Waals surface area contributed by atoms with E-state index in [1.54, 1.807) is 0 Å².